The number of ether oxygens (including phenoxy) is 1. The fourth-order valence-corrected chi connectivity index (χ4v) is 1.78. The summed E-state index contributed by atoms with van der Waals surface area (Å²) in [7, 11) is 1.50. The van der Waals surface area contributed by atoms with E-state index in [4.69, 9.17) is 16.3 Å². The first-order valence-corrected chi connectivity index (χ1v) is 6.03. The van der Waals surface area contributed by atoms with Gasteiger partial charge in [0.05, 0.1) is 19.3 Å². The second-order valence-corrected chi connectivity index (χ2v) is 4.18. The van der Waals surface area contributed by atoms with Crippen molar-refractivity contribution in [3.63, 3.8) is 0 Å². The molecule has 6 heteroatoms. The highest BCUT2D eigenvalue weighted by molar-refractivity contribution is 6.17. The average Bonchev–Trinajstić information content (AvgIpc) is 2.80. The van der Waals surface area contributed by atoms with Gasteiger partial charge >= 0.3 is 0 Å². The Kier molecular flexibility index (Phi) is 4.15. The van der Waals surface area contributed by atoms with Gasteiger partial charge in [-0.05, 0) is 6.07 Å². The standard InChI is InChI=1S/C12H13ClFN3O/c1-18-11-3-2-9(12(14)6-11)7-17-8-10(4-5-13)15-16-17/h2-3,6,8H,4-5,7H2,1H3. The quantitative estimate of drug-likeness (QED) is 0.782. The fourth-order valence-electron chi connectivity index (χ4n) is 1.58. The molecule has 2 rings (SSSR count). The summed E-state index contributed by atoms with van der Waals surface area (Å²) in [6, 6.07) is 4.75. The van der Waals surface area contributed by atoms with Gasteiger partial charge in [-0.15, -0.1) is 16.7 Å². The number of hydrogen-bond acceptors (Lipinski definition) is 3. The molecule has 0 aliphatic carbocycles. The molecule has 0 amide bonds. The lowest BCUT2D eigenvalue weighted by Gasteiger charge is -2.05. The first kappa shape index (κ1) is 12.8. The summed E-state index contributed by atoms with van der Waals surface area (Å²) in [5.74, 6) is 0.677. The molecular formula is C12H13ClFN3O. The molecule has 4 nitrogen and oxygen atoms in total. The molecule has 18 heavy (non-hydrogen) atoms. The first-order valence-electron chi connectivity index (χ1n) is 5.50. The first-order chi connectivity index (χ1) is 8.72. The van der Waals surface area contributed by atoms with Gasteiger partial charge in [0.1, 0.15) is 11.6 Å². The lowest BCUT2D eigenvalue weighted by Crippen LogP contribution is -2.03. The highest BCUT2D eigenvalue weighted by atomic mass is 35.5. The van der Waals surface area contributed by atoms with Gasteiger partial charge in [0, 0.05) is 30.1 Å². The molecule has 1 aromatic carbocycles. The Morgan fingerprint density at radius 3 is 2.94 bits per heavy atom. The molecule has 0 saturated carbocycles. The van der Waals surface area contributed by atoms with Crippen LogP contribution in [0.4, 0.5) is 4.39 Å². The number of aryl methyl sites for hydroxylation is 1. The van der Waals surface area contributed by atoms with Crippen molar-refractivity contribution in [1.29, 1.82) is 0 Å². The van der Waals surface area contributed by atoms with Crippen LogP contribution in [0.15, 0.2) is 24.4 Å². The highest BCUT2D eigenvalue weighted by Crippen LogP contribution is 2.16. The van der Waals surface area contributed by atoms with E-state index in [1.165, 1.54) is 13.2 Å². The van der Waals surface area contributed by atoms with Gasteiger partial charge in [-0.3, -0.25) is 0 Å². The smallest absolute Gasteiger partial charge is 0.131 e. The lowest BCUT2D eigenvalue weighted by atomic mass is 10.2. The molecule has 0 bridgehead atoms. The van der Waals surface area contributed by atoms with Gasteiger partial charge < -0.3 is 4.74 Å². The molecular weight excluding hydrogens is 257 g/mol. The number of halogens is 2. The van der Waals surface area contributed by atoms with Crippen LogP contribution in [0.25, 0.3) is 0 Å². The van der Waals surface area contributed by atoms with Crippen molar-refractivity contribution in [2.75, 3.05) is 13.0 Å². The predicted molar refractivity (Wildman–Crippen MR) is 66.5 cm³/mol. The molecule has 96 valence electrons. The molecule has 0 N–H and O–H groups in total. The van der Waals surface area contributed by atoms with E-state index in [2.05, 4.69) is 10.3 Å². The molecule has 2 aromatic rings. The van der Waals surface area contributed by atoms with Crippen molar-refractivity contribution in [2.45, 2.75) is 13.0 Å². The molecule has 0 atom stereocenters. The van der Waals surface area contributed by atoms with E-state index < -0.39 is 0 Å². The lowest BCUT2D eigenvalue weighted by molar-refractivity contribution is 0.410. The summed E-state index contributed by atoms with van der Waals surface area (Å²) in [6.45, 7) is 0.338. The third kappa shape index (κ3) is 2.98. The molecule has 0 unspecified atom stereocenters. The monoisotopic (exact) mass is 269 g/mol. The van der Waals surface area contributed by atoms with Crippen LogP contribution in [-0.2, 0) is 13.0 Å². The van der Waals surface area contributed by atoms with E-state index >= 15 is 0 Å². The van der Waals surface area contributed by atoms with Crippen LogP contribution < -0.4 is 4.74 Å². The molecule has 0 aliphatic rings. The number of nitrogens with zero attached hydrogens (tertiary/aromatic N) is 3. The second-order valence-electron chi connectivity index (χ2n) is 3.80. The fraction of sp³-hybridized carbons (Fsp3) is 0.333. The van der Waals surface area contributed by atoms with E-state index in [9.17, 15) is 4.39 Å². The second kappa shape index (κ2) is 5.82. The molecule has 0 aliphatic heterocycles. The Balaban J connectivity index is 2.12. The van der Waals surface area contributed by atoms with Crippen molar-refractivity contribution >= 4 is 11.6 Å². The van der Waals surface area contributed by atoms with Crippen molar-refractivity contribution in [1.82, 2.24) is 15.0 Å². The molecule has 0 saturated heterocycles. The minimum Gasteiger partial charge on any atom is -0.497 e. The molecule has 0 radical (unpaired) electrons. The minimum absolute atomic E-state index is 0.316. The SMILES string of the molecule is COc1ccc(Cn2cc(CCCl)nn2)c(F)c1. The summed E-state index contributed by atoms with van der Waals surface area (Å²) in [6.07, 6.45) is 2.43. The summed E-state index contributed by atoms with van der Waals surface area (Å²) in [5.41, 5.74) is 1.34. The van der Waals surface area contributed by atoms with Gasteiger partial charge in [0.25, 0.3) is 0 Å². The number of benzene rings is 1. The van der Waals surface area contributed by atoms with Crippen molar-refractivity contribution in [3.05, 3.63) is 41.5 Å². The van der Waals surface area contributed by atoms with E-state index in [1.54, 1.807) is 23.0 Å². The Morgan fingerprint density at radius 2 is 2.28 bits per heavy atom. The predicted octanol–water partition coefficient (Wildman–Crippen LogP) is 2.26. The summed E-state index contributed by atoms with van der Waals surface area (Å²) in [4.78, 5) is 0. The van der Waals surface area contributed by atoms with Crippen molar-refractivity contribution < 1.29 is 9.13 Å². The van der Waals surface area contributed by atoms with Gasteiger partial charge in [-0.25, -0.2) is 9.07 Å². The van der Waals surface area contributed by atoms with Crippen molar-refractivity contribution in [3.8, 4) is 5.75 Å². The van der Waals surface area contributed by atoms with E-state index in [-0.39, 0.29) is 5.82 Å². The van der Waals surface area contributed by atoms with E-state index in [0.29, 0.717) is 30.2 Å². The van der Waals surface area contributed by atoms with E-state index in [1.807, 2.05) is 0 Å². The summed E-state index contributed by atoms with van der Waals surface area (Å²) in [5, 5.41) is 7.87. The average molecular weight is 270 g/mol. The normalized spacial score (nSPS) is 10.6. The number of hydrogen-bond donors (Lipinski definition) is 0. The van der Waals surface area contributed by atoms with Gasteiger partial charge in [0.2, 0.25) is 0 Å². The maximum absolute atomic E-state index is 13.7. The van der Waals surface area contributed by atoms with E-state index in [0.717, 1.165) is 5.69 Å². The Hall–Kier alpha value is -1.62. The Bertz CT molecular complexity index is 530. The molecule has 1 aromatic heterocycles. The maximum atomic E-state index is 13.7. The third-order valence-electron chi connectivity index (χ3n) is 2.53. The van der Waals surface area contributed by atoms with Crippen LogP contribution in [0.2, 0.25) is 0 Å². The number of methoxy groups -OCH3 is 1. The van der Waals surface area contributed by atoms with Gasteiger partial charge in [-0.1, -0.05) is 11.3 Å². The zero-order valence-electron chi connectivity index (χ0n) is 9.94. The topological polar surface area (TPSA) is 39.9 Å². The zero-order chi connectivity index (χ0) is 13.0. The molecule has 1 heterocycles. The van der Waals surface area contributed by atoms with Crippen LogP contribution in [0.3, 0.4) is 0 Å². The minimum atomic E-state index is -0.316. The molecule has 0 spiro atoms. The van der Waals surface area contributed by atoms with Gasteiger partial charge in [-0.2, -0.15) is 0 Å². The maximum Gasteiger partial charge on any atom is 0.131 e. The van der Waals surface area contributed by atoms with Crippen LogP contribution in [0.5, 0.6) is 5.75 Å². The van der Waals surface area contributed by atoms with Gasteiger partial charge in [0.15, 0.2) is 0 Å². The Labute approximate surface area is 109 Å². The van der Waals surface area contributed by atoms with Crippen molar-refractivity contribution in [2.24, 2.45) is 0 Å². The van der Waals surface area contributed by atoms with Crippen LogP contribution in [0.1, 0.15) is 11.3 Å². The molecule has 0 fully saturated rings. The third-order valence-corrected chi connectivity index (χ3v) is 2.72. The zero-order valence-corrected chi connectivity index (χ0v) is 10.7. The largest absolute Gasteiger partial charge is 0.497 e. The summed E-state index contributed by atoms with van der Waals surface area (Å²) >= 11 is 5.61. The van der Waals surface area contributed by atoms with Crippen LogP contribution in [0, 0.1) is 5.82 Å². The highest BCUT2D eigenvalue weighted by Gasteiger charge is 2.06. The van der Waals surface area contributed by atoms with Crippen LogP contribution in [-0.4, -0.2) is 28.0 Å². The summed E-state index contributed by atoms with van der Waals surface area (Å²) < 4.78 is 20.3. The number of alkyl halides is 1. The number of aromatic nitrogens is 3. The van der Waals surface area contributed by atoms with Crippen LogP contribution >= 0.6 is 11.6 Å². The number of rotatable bonds is 5. The Morgan fingerprint density at radius 1 is 1.44 bits per heavy atom.